The smallest absolute Gasteiger partial charge is 0.270 e. The molecule has 1 atom stereocenters. The molecule has 3 rings (SSSR count). The Morgan fingerprint density at radius 3 is 2.58 bits per heavy atom. The quantitative estimate of drug-likeness (QED) is 0.619. The van der Waals surface area contributed by atoms with Gasteiger partial charge in [-0.25, -0.2) is 0 Å². The molecule has 1 saturated heterocycles. The fraction of sp³-hybridized carbons (Fsp3) is 0.350. The van der Waals surface area contributed by atoms with Gasteiger partial charge in [-0.15, -0.1) is 0 Å². The maximum absolute atomic E-state index is 13.2. The van der Waals surface area contributed by atoms with Crippen LogP contribution in [0.3, 0.4) is 0 Å². The van der Waals surface area contributed by atoms with Crippen LogP contribution in [0, 0.1) is 17.0 Å². The number of hydrogen-bond donors (Lipinski definition) is 0. The number of amides is 1. The van der Waals surface area contributed by atoms with E-state index in [0.29, 0.717) is 18.7 Å². The molecule has 1 heterocycles. The lowest BCUT2D eigenvalue weighted by Crippen LogP contribution is -2.56. The van der Waals surface area contributed by atoms with Crippen LogP contribution in [-0.2, 0) is 4.74 Å². The zero-order valence-electron chi connectivity index (χ0n) is 15.1. The van der Waals surface area contributed by atoms with E-state index in [4.69, 9.17) is 4.74 Å². The zero-order chi connectivity index (χ0) is 18.9. The van der Waals surface area contributed by atoms with Crippen LogP contribution in [0.1, 0.15) is 41.4 Å². The van der Waals surface area contributed by atoms with Crippen LogP contribution in [0.25, 0.3) is 0 Å². The van der Waals surface area contributed by atoms with Crippen molar-refractivity contribution in [3.63, 3.8) is 0 Å². The summed E-state index contributed by atoms with van der Waals surface area (Å²) >= 11 is 0. The third kappa shape index (κ3) is 3.46. The molecule has 0 N–H and O–H groups in total. The molecular formula is C20H22N2O4. The van der Waals surface area contributed by atoms with Gasteiger partial charge in [-0.05, 0) is 31.9 Å². The maximum atomic E-state index is 13.2. The summed E-state index contributed by atoms with van der Waals surface area (Å²) in [5, 5.41) is 11.1. The second-order valence-electron chi connectivity index (χ2n) is 7.19. The van der Waals surface area contributed by atoms with Crippen LogP contribution in [-0.4, -0.2) is 34.4 Å². The molecule has 1 aliphatic heterocycles. The highest BCUT2D eigenvalue weighted by atomic mass is 16.6. The van der Waals surface area contributed by atoms with Crippen molar-refractivity contribution < 1.29 is 14.5 Å². The molecule has 0 spiro atoms. The van der Waals surface area contributed by atoms with E-state index < -0.39 is 10.5 Å². The van der Waals surface area contributed by atoms with Gasteiger partial charge in [0.15, 0.2) is 0 Å². The first kappa shape index (κ1) is 18.1. The molecule has 6 nitrogen and oxygen atoms in total. The standard InChI is InChI=1S/C20H22N2O4/c1-14-9-10-16(22(24)25)11-17(14)19(23)21-12-18(26-13-20(21,2)3)15-7-5-4-6-8-15/h4-11,18H,12-13H2,1-3H3. The van der Waals surface area contributed by atoms with Crippen LogP contribution in [0.4, 0.5) is 5.69 Å². The third-order valence-electron chi connectivity index (χ3n) is 4.80. The number of non-ortho nitro benzene ring substituents is 1. The lowest BCUT2D eigenvalue weighted by Gasteiger charge is -2.45. The van der Waals surface area contributed by atoms with E-state index in [0.717, 1.165) is 11.1 Å². The first-order chi connectivity index (χ1) is 12.3. The number of hydrogen-bond acceptors (Lipinski definition) is 4. The van der Waals surface area contributed by atoms with Crippen molar-refractivity contribution >= 4 is 11.6 Å². The van der Waals surface area contributed by atoms with E-state index in [1.807, 2.05) is 44.2 Å². The van der Waals surface area contributed by atoms with Gasteiger partial charge in [0.25, 0.3) is 11.6 Å². The SMILES string of the molecule is Cc1ccc([N+](=O)[O-])cc1C(=O)N1CC(c2ccccc2)OCC1(C)C. The molecule has 2 aromatic rings. The molecule has 0 radical (unpaired) electrons. The Balaban J connectivity index is 1.93. The van der Waals surface area contributed by atoms with E-state index in [9.17, 15) is 14.9 Å². The molecule has 0 saturated carbocycles. The fourth-order valence-corrected chi connectivity index (χ4v) is 3.17. The number of aryl methyl sites for hydroxylation is 1. The van der Waals surface area contributed by atoms with E-state index in [-0.39, 0.29) is 17.7 Å². The maximum Gasteiger partial charge on any atom is 0.270 e. The molecule has 1 fully saturated rings. The third-order valence-corrected chi connectivity index (χ3v) is 4.80. The summed E-state index contributed by atoms with van der Waals surface area (Å²) in [6.07, 6.45) is -0.216. The van der Waals surface area contributed by atoms with Crippen molar-refractivity contribution in [3.05, 3.63) is 75.3 Å². The van der Waals surface area contributed by atoms with Crippen molar-refractivity contribution in [1.29, 1.82) is 0 Å². The largest absolute Gasteiger partial charge is 0.369 e. The number of ether oxygens (including phenoxy) is 1. The highest BCUT2D eigenvalue weighted by Crippen LogP contribution is 2.32. The molecule has 1 amide bonds. The Hall–Kier alpha value is -2.73. The summed E-state index contributed by atoms with van der Waals surface area (Å²) < 4.78 is 5.99. The van der Waals surface area contributed by atoms with Gasteiger partial charge in [-0.3, -0.25) is 14.9 Å². The van der Waals surface area contributed by atoms with Crippen molar-refractivity contribution in [2.75, 3.05) is 13.2 Å². The Morgan fingerprint density at radius 2 is 1.92 bits per heavy atom. The van der Waals surface area contributed by atoms with E-state index in [2.05, 4.69) is 0 Å². The number of nitrogens with zero attached hydrogens (tertiary/aromatic N) is 2. The van der Waals surface area contributed by atoms with Crippen molar-refractivity contribution in [2.45, 2.75) is 32.4 Å². The molecular weight excluding hydrogens is 332 g/mol. The molecule has 1 unspecified atom stereocenters. The molecule has 136 valence electrons. The average Bonchev–Trinajstić information content (AvgIpc) is 2.62. The predicted molar refractivity (Wildman–Crippen MR) is 98.1 cm³/mol. The van der Waals surface area contributed by atoms with E-state index in [1.165, 1.54) is 12.1 Å². The first-order valence-corrected chi connectivity index (χ1v) is 8.53. The highest BCUT2D eigenvalue weighted by molar-refractivity contribution is 5.96. The number of carbonyl (C=O) groups excluding carboxylic acids is 1. The number of nitro groups is 1. The van der Waals surface area contributed by atoms with Crippen LogP contribution in [0.2, 0.25) is 0 Å². The van der Waals surface area contributed by atoms with Gasteiger partial charge >= 0.3 is 0 Å². The molecule has 0 bridgehead atoms. The van der Waals surface area contributed by atoms with Gasteiger partial charge < -0.3 is 9.64 Å². The highest BCUT2D eigenvalue weighted by Gasteiger charge is 2.39. The normalized spacial score (nSPS) is 19.2. The zero-order valence-corrected chi connectivity index (χ0v) is 15.1. The van der Waals surface area contributed by atoms with Gasteiger partial charge in [-0.1, -0.05) is 36.4 Å². The first-order valence-electron chi connectivity index (χ1n) is 8.53. The molecule has 0 aliphatic carbocycles. The monoisotopic (exact) mass is 354 g/mol. The van der Waals surface area contributed by atoms with E-state index in [1.54, 1.807) is 17.9 Å². The van der Waals surface area contributed by atoms with Gasteiger partial charge in [-0.2, -0.15) is 0 Å². The summed E-state index contributed by atoms with van der Waals surface area (Å²) in [7, 11) is 0. The second-order valence-corrected chi connectivity index (χ2v) is 7.19. The van der Waals surface area contributed by atoms with Crippen molar-refractivity contribution in [1.82, 2.24) is 4.90 Å². The van der Waals surface area contributed by atoms with Crippen LogP contribution < -0.4 is 0 Å². The van der Waals surface area contributed by atoms with Gasteiger partial charge in [0.1, 0.15) is 6.10 Å². The topological polar surface area (TPSA) is 72.7 Å². The van der Waals surface area contributed by atoms with E-state index >= 15 is 0 Å². The molecule has 6 heteroatoms. The van der Waals surface area contributed by atoms with Gasteiger partial charge in [0.2, 0.25) is 0 Å². The minimum absolute atomic E-state index is 0.0791. The Labute approximate surface area is 152 Å². The minimum Gasteiger partial charge on any atom is -0.369 e. The molecule has 26 heavy (non-hydrogen) atoms. The lowest BCUT2D eigenvalue weighted by molar-refractivity contribution is -0.384. The van der Waals surface area contributed by atoms with Crippen LogP contribution in [0.15, 0.2) is 48.5 Å². The number of morpholine rings is 1. The fourth-order valence-electron chi connectivity index (χ4n) is 3.17. The molecule has 0 aromatic heterocycles. The number of carbonyl (C=O) groups is 1. The lowest BCUT2D eigenvalue weighted by atomic mass is 9.95. The number of nitro benzene ring substituents is 1. The summed E-state index contributed by atoms with van der Waals surface area (Å²) in [6.45, 7) is 6.47. The summed E-state index contributed by atoms with van der Waals surface area (Å²) in [5.41, 5.74) is 1.51. The van der Waals surface area contributed by atoms with Crippen LogP contribution >= 0.6 is 0 Å². The van der Waals surface area contributed by atoms with Gasteiger partial charge in [0.05, 0.1) is 23.6 Å². The number of benzene rings is 2. The minimum atomic E-state index is -0.501. The Morgan fingerprint density at radius 1 is 1.23 bits per heavy atom. The van der Waals surface area contributed by atoms with Crippen LogP contribution in [0.5, 0.6) is 0 Å². The Bertz CT molecular complexity index is 833. The molecule has 2 aromatic carbocycles. The summed E-state index contributed by atoms with van der Waals surface area (Å²) in [4.78, 5) is 25.6. The summed E-state index contributed by atoms with van der Waals surface area (Å²) in [5.74, 6) is -0.208. The molecule has 1 aliphatic rings. The predicted octanol–water partition coefficient (Wildman–Crippen LogP) is 3.90. The van der Waals surface area contributed by atoms with Gasteiger partial charge in [0, 0.05) is 17.7 Å². The second kappa shape index (κ2) is 6.88. The average molecular weight is 354 g/mol. The van der Waals surface area contributed by atoms with Crippen molar-refractivity contribution in [3.8, 4) is 0 Å². The summed E-state index contributed by atoms with van der Waals surface area (Å²) in [6, 6.07) is 14.2. The Kier molecular flexibility index (Phi) is 4.78. The van der Waals surface area contributed by atoms with Crippen molar-refractivity contribution in [2.24, 2.45) is 0 Å². The number of rotatable bonds is 3.